The highest BCUT2D eigenvalue weighted by molar-refractivity contribution is 5.82. The van der Waals surface area contributed by atoms with Crippen LogP contribution in [0.2, 0.25) is 0 Å². The molecule has 76 valence electrons. The lowest BCUT2D eigenvalue weighted by molar-refractivity contribution is 0.134. The molecule has 0 bridgehead atoms. The van der Waals surface area contributed by atoms with Gasteiger partial charge in [0.25, 0.3) is 0 Å². The van der Waals surface area contributed by atoms with Crippen LogP contribution >= 0.6 is 0 Å². The van der Waals surface area contributed by atoms with Crippen molar-refractivity contribution in [3.05, 3.63) is 0 Å². The van der Waals surface area contributed by atoms with Gasteiger partial charge < -0.3 is 5.73 Å². The van der Waals surface area contributed by atoms with Crippen LogP contribution in [0.3, 0.4) is 0 Å². The number of amidine groups is 1. The summed E-state index contributed by atoms with van der Waals surface area (Å²) in [5.74, 6) is 0.330. The quantitative estimate of drug-likeness (QED) is 0.515. The first-order chi connectivity index (χ1) is 6.16. The summed E-state index contributed by atoms with van der Waals surface area (Å²) in [6.07, 6.45) is 4.80. The van der Waals surface area contributed by atoms with Crippen molar-refractivity contribution in [3.8, 4) is 0 Å². The van der Waals surface area contributed by atoms with Crippen molar-refractivity contribution in [2.45, 2.75) is 51.6 Å². The maximum absolute atomic E-state index is 7.51. The van der Waals surface area contributed by atoms with Gasteiger partial charge in [-0.15, -0.1) is 0 Å². The molecule has 0 radical (unpaired) electrons. The molecule has 1 heterocycles. The summed E-state index contributed by atoms with van der Waals surface area (Å²) in [6, 6.07) is 0.776. The predicted molar refractivity (Wildman–Crippen MR) is 56.0 cm³/mol. The fourth-order valence-corrected chi connectivity index (χ4v) is 2.22. The molecule has 13 heavy (non-hydrogen) atoms. The van der Waals surface area contributed by atoms with Gasteiger partial charge in [-0.1, -0.05) is 13.3 Å². The molecule has 0 aromatic heterocycles. The zero-order valence-corrected chi connectivity index (χ0v) is 8.71. The standard InChI is InChI=1S/C10H21N3/c1-3-9(10(11)12)13-7-5-4-6-8(13)2/h8-9H,3-7H2,1-2H3,(H3,11,12). The molecule has 1 fully saturated rings. The molecule has 0 aromatic rings. The molecule has 1 aliphatic heterocycles. The highest BCUT2D eigenvalue weighted by atomic mass is 15.2. The first kappa shape index (κ1) is 10.5. The second-order valence-electron chi connectivity index (χ2n) is 3.96. The summed E-state index contributed by atoms with van der Waals surface area (Å²) >= 11 is 0. The van der Waals surface area contributed by atoms with Gasteiger partial charge in [0.2, 0.25) is 0 Å². The van der Waals surface area contributed by atoms with E-state index in [1.165, 1.54) is 19.3 Å². The third kappa shape index (κ3) is 2.44. The lowest BCUT2D eigenvalue weighted by Gasteiger charge is -2.38. The van der Waals surface area contributed by atoms with Gasteiger partial charge >= 0.3 is 0 Å². The Hall–Kier alpha value is -0.570. The molecule has 1 aliphatic rings. The SMILES string of the molecule is CCC(C(=N)N)N1CCCCC1C. The Morgan fingerprint density at radius 3 is 2.77 bits per heavy atom. The zero-order valence-electron chi connectivity index (χ0n) is 8.71. The van der Waals surface area contributed by atoms with Crippen LogP contribution < -0.4 is 5.73 Å². The van der Waals surface area contributed by atoms with E-state index in [0.29, 0.717) is 11.9 Å². The fraction of sp³-hybridized carbons (Fsp3) is 0.900. The number of hydrogen-bond acceptors (Lipinski definition) is 2. The number of likely N-dealkylation sites (tertiary alicyclic amines) is 1. The first-order valence-corrected chi connectivity index (χ1v) is 5.26. The average molecular weight is 183 g/mol. The maximum atomic E-state index is 7.51. The number of rotatable bonds is 3. The third-order valence-electron chi connectivity index (χ3n) is 3.00. The van der Waals surface area contributed by atoms with Gasteiger partial charge in [0.15, 0.2) is 0 Å². The van der Waals surface area contributed by atoms with Crippen molar-refractivity contribution in [3.63, 3.8) is 0 Å². The Bertz CT molecular complexity index is 179. The third-order valence-corrected chi connectivity index (χ3v) is 3.00. The van der Waals surface area contributed by atoms with Crippen molar-refractivity contribution in [2.24, 2.45) is 5.73 Å². The van der Waals surface area contributed by atoms with Gasteiger partial charge in [-0.25, -0.2) is 0 Å². The van der Waals surface area contributed by atoms with Crippen LogP contribution in [-0.2, 0) is 0 Å². The Balaban J connectivity index is 2.60. The lowest BCUT2D eigenvalue weighted by Crippen LogP contribution is -2.50. The van der Waals surface area contributed by atoms with E-state index in [9.17, 15) is 0 Å². The molecule has 0 amide bonds. The highest BCUT2D eigenvalue weighted by Gasteiger charge is 2.26. The van der Waals surface area contributed by atoms with Gasteiger partial charge in [0, 0.05) is 6.04 Å². The molecule has 2 atom stereocenters. The van der Waals surface area contributed by atoms with E-state index in [1.54, 1.807) is 0 Å². The largest absolute Gasteiger partial charge is 0.386 e. The van der Waals surface area contributed by atoms with Crippen molar-refractivity contribution < 1.29 is 0 Å². The van der Waals surface area contributed by atoms with E-state index in [1.807, 2.05) is 0 Å². The van der Waals surface area contributed by atoms with Gasteiger partial charge in [0.05, 0.1) is 6.04 Å². The minimum absolute atomic E-state index is 0.176. The Labute approximate surface area is 80.8 Å². The van der Waals surface area contributed by atoms with Crippen molar-refractivity contribution in [1.82, 2.24) is 4.90 Å². The molecule has 0 saturated carbocycles. The van der Waals surface area contributed by atoms with Crippen LogP contribution in [0.5, 0.6) is 0 Å². The summed E-state index contributed by atoms with van der Waals surface area (Å²) in [6.45, 7) is 5.46. The zero-order chi connectivity index (χ0) is 9.84. The van der Waals surface area contributed by atoms with Crippen molar-refractivity contribution in [2.75, 3.05) is 6.54 Å². The van der Waals surface area contributed by atoms with Gasteiger partial charge in [-0.2, -0.15) is 0 Å². The number of hydrogen-bond donors (Lipinski definition) is 2. The molecule has 0 spiro atoms. The van der Waals surface area contributed by atoms with Crippen LogP contribution in [0.1, 0.15) is 39.5 Å². The second kappa shape index (κ2) is 4.61. The normalized spacial score (nSPS) is 27.1. The Morgan fingerprint density at radius 1 is 1.62 bits per heavy atom. The summed E-state index contributed by atoms with van der Waals surface area (Å²) in [7, 11) is 0. The summed E-state index contributed by atoms with van der Waals surface area (Å²) < 4.78 is 0. The first-order valence-electron chi connectivity index (χ1n) is 5.26. The number of nitrogens with two attached hydrogens (primary N) is 1. The average Bonchev–Trinajstić information content (AvgIpc) is 2.09. The highest BCUT2D eigenvalue weighted by Crippen LogP contribution is 2.20. The van der Waals surface area contributed by atoms with E-state index in [-0.39, 0.29) is 6.04 Å². The molecular formula is C10H21N3. The second-order valence-corrected chi connectivity index (χ2v) is 3.96. The molecule has 3 N–H and O–H groups in total. The molecule has 3 heteroatoms. The molecule has 1 rings (SSSR count). The molecule has 0 aliphatic carbocycles. The number of piperidine rings is 1. The van der Waals surface area contributed by atoms with E-state index >= 15 is 0 Å². The van der Waals surface area contributed by atoms with Crippen LogP contribution in [0.15, 0.2) is 0 Å². The molecule has 3 nitrogen and oxygen atoms in total. The predicted octanol–water partition coefficient (Wildman–Crippen LogP) is 1.58. The minimum Gasteiger partial charge on any atom is -0.386 e. The topological polar surface area (TPSA) is 53.1 Å². The van der Waals surface area contributed by atoms with E-state index in [0.717, 1.165) is 13.0 Å². The summed E-state index contributed by atoms with van der Waals surface area (Å²) in [5, 5.41) is 7.51. The van der Waals surface area contributed by atoms with Crippen LogP contribution in [0, 0.1) is 5.41 Å². The summed E-state index contributed by atoms with van der Waals surface area (Å²) in [4.78, 5) is 2.38. The fourth-order valence-electron chi connectivity index (χ4n) is 2.22. The maximum Gasteiger partial charge on any atom is 0.108 e. The lowest BCUT2D eigenvalue weighted by atomic mass is 10.00. The molecular weight excluding hydrogens is 162 g/mol. The molecule has 1 saturated heterocycles. The van der Waals surface area contributed by atoms with E-state index in [4.69, 9.17) is 11.1 Å². The Kier molecular flexibility index (Phi) is 3.72. The summed E-state index contributed by atoms with van der Waals surface area (Å²) in [5.41, 5.74) is 5.58. The van der Waals surface area contributed by atoms with Gasteiger partial charge in [-0.3, -0.25) is 10.3 Å². The monoisotopic (exact) mass is 183 g/mol. The molecule has 2 unspecified atom stereocenters. The number of nitrogens with one attached hydrogen (secondary N) is 1. The van der Waals surface area contributed by atoms with E-state index in [2.05, 4.69) is 18.7 Å². The van der Waals surface area contributed by atoms with Crippen molar-refractivity contribution in [1.29, 1.82) is 5.41 Å². The van der Waals surface area contributed by atoms with E-state index < -0.39 is 0 Å². The van der Waals surface area contributed by atoms with Crippen LogP contribution in [0.4, 0.5) is 0 Å². The minimum atomic E-state index is 0.176. The van der Waals surface area contributed by atoms with Crippen LogP contribution in [0.25, 0.3) is 0 Å². The Morgan fingerprint density at radius 2 is 2.31 bits per heavy atom. The number of nitrogens with zero attached hydrogens (tertiary/aromatic N) is 1. The van der Waals surface area contributed by atoms with Crippen LogP contribution in [-0.4, -0.2) is 29.4 Å². The van der Waals surface area contributed by atoms with Gasteiger partial charge in [-0.05, 0) is 32.7 Å². The van der Waals surface area contributed by atoms with Crippen molar-refractivity contribution >= 4 is 5.84 Å². The van der Waals surface area contributed by atoms with Gasteiger partial charge in [0.1, 0.15) is 5.84 Å². The smallest absolute Gasteiger partial charge is 0.108 e. The molecule has 0 aromatic carbocycles.